The highest BCUT2D eigenvalue weighted by Crippen LogP contribution is 2.30. The summed E-state index contributed by atoms with van der Waals surface area (Å²) in [6.45, 7) is 5.15. The van der Waals surface area contributed by atoms with Crippen LogP contribution in [-0.4, -0.2) is 41.4 Å². The second-order valence-electron chi connectivity index (χ2n) is 10.2. The van der Waals surface area contributed by atoms with E-state index in [9.17, 15) is 0 Å². The Morgan fingerprint density at radius 2 is 1.74 bits per heavy atom. The van der Waals surface area contributed by atoms with Crippen LogP contribution in [0.3, 0.4) is 0 Å². The van der Waals surface area contributed by atoms with Gasteiger partial charge in [0.05, 0.1) is 6.54 Å². The predicted molar refractivity (Wildman–Crippen MR) is 136 cm³/mol. The number of aromatic nitrogens is 7. The molecular weight excluding hydrogens is 436 g/mol. The minimum absolute atomic E-state index is 0.365. The molecule has 2 heterocycles. The molecule has 2 aromatic heterocycles. The third-order valence-electron chi connectivity index (χ3n) is 6.86. The average Bonchev–Trinajstić information content (AvgIpc) is 3.51. The van der Waals surface area contributed by atoms with E-state index in [4.69, 9.17) is 15.8 Å². The summed E-state index contributed by atoms with van der Waals surface area (Å²) in [6.07, 6.45) is 6.48. The molecule has 35 heavy (non-hydrogen) atoms. The Hall–Kier alpha value is -3.39. The lowest BCUT2D eigenvalue weighted by molar-refractivity contribution is 0.317. The van der Waals surface area contributed by atoms with Crippen molar-refractivity contribution in [2.45, 2.75) is 65.0 Å². The topological polar surface area (TPSA) is 111 Å². The van der Waals surface area contributed by atoms with Crippen molar-refractivity contribution in [2.24, 2.45) is 17.6 Å². The predicted octanol–water partition coefficient (Wildman–Crippen LogP) is 4.43. The minimum Gasteiger partial charge on any atom is -0.328 e. The summed E-state index contributed by atoms with van der Waals surface area (Å²) in [5, 5.41) is 19.5. The highest BCUT2D eigenvalue weighted by molar-refractivity contribution is 5.80. The van der Waals surface area contributed by atoms with Gasteiger partial charge in [0.25, 0.3) is 0 Å². The quantitative estimate of drug-likeness (QED) is 0.394. The first kappa shape index (κ1) is 23.4. The molecule has 5 rings (SSSR count). The van der Waals surface area contributed by atoms with Gasteiger partial charge in [0.1, 0.15) is 5.82 Å². The van der Waals surface area contributed by atoms with Crippen molar-refractivity contribution < 1.29 is 0 Å². The molecule has 0 saturated heterocycles. The fourth-order valence-corrected chi connectivity index (χ4v) is 4.97. The molecule has 0 amide bonds. The third-order valence-corrected chi connectivity index (χ3v) is 6.86. The lowest BCUT2D eigenvalue weighted by Crippen LogP contribution is -2.27. The first-order chi connectivity index (χ1) is 17.0. The van der Waals surface area contributed by atoms with Gasteiger partial charge in [-0.3, -0.25) is 0 Å². The molecule has 8 nitrogen and oxygen atoms in total. The molecule has 1 saturated carbocycles. The molecule has 4 aromatic rings. The first-order valence-electron chi connectivity index (χ1n) is 12.7. The second kappa shape index (κ2) is 10.5. The third kappa shape index (κ3) is 5.65. The zero-order valence-corrected chi connectivity index (χ0v) is 20.6. The van der Waals surface area contributed by atoms with Crippen molar-refractivity contribution in [3.05, 3.63) is 65.7 Å². The van der Waals surface area contributed by atoms with Gasteiger partial charge in [0.2, 0.25) is 5.82 Å². The number of tetrazole rings is 1. The Labute approximate surface area is 206 Å². The van der Waals surface area contributed by atoms with Crippen molar-refractivity contribution in [3.8, 4) is 22.5 Å². The number of nitrogens with one attached hydrogen (secondary N) is 1. The number of benzene rings is 2. The fourth-order valence-electron chi connectivity index (χ4n) is 4.97. The maximum Gasteiger partial charge on any atom is 0.205 e. The van der Waals surface area contributed by atoms with Gasteiger partial charge in [-0.2, -0.15) is 10.3 Å². The lowest BCUT2D eigenvalue weighted by atomic mass is 9.84. The van der Waals surface area contributed by atoms with E-state index in [1.165, 1.54) is 18.4 Å². The fraction of sp³-hybridized carbons (Fsp3) is 0.444. The monoisotopic (exact) mass is 470 g/mol. The molecule has 2 aromatic carbocycles. The number of H-pyrrole nitrogens is 1. The van der Waals surface area contributed by atoms with Crippen LogP contribution >= 0.6 is 0 Å². The Kier molecular flexibility index (Phi) is 6.99. The van der Waals surface area contributed by atoms with E-state index in [0.29, 0.717) is 23.7 Å². The van der Waals surface area contributed by atoms with E-state index >= 15 is 0 Å². The highest BCUT2D eigenvalue weighted by Gasteiger charge is 2.22. The van der Waals surface area contributed by atoms with Crippen LogP contribution in [0.15, 0.2) is 48.5 Å². The van der Waals surface area contributed by atoms with Crippen LogP contribution in [0.5, 0.6) is 0 Å². The van der Waals surface area contributed by atoms with Crippen LogP contribution in [0.4, 0.5) is 0 Å². The SMILES string of the molecule is CC(C)Cc1nc(CC2CCC(N)CC2)n(Cc2ccc(-c3ccccc3-c3nn[nH]n3)cc2)n1. The first-order valence-corrected chi connectivity index (χ1v) is 12.7. The van der Waals surface area contributed by atoms with Gasteiger partial charge in [-0.25, -0.2) is 9.67 Å². The van der Waals surface area contributed by atoms with Crippen molar-refractivity contribution in [3.63, 3.8) is 0 Å². The number of nitrogens with zero attached hydrogens (tertiary/aromatic N) is 6. The van der Waals surface area contributed by atoms with Gasteiger partial charge in [-0.1, -0.05) is 62.4 Å². The van der Waals surface area contributed by atoms with Crippen LogP contribution in [0.1, 0.15) is 56.7 Å². The second-order valence-corrected chi connectivity index (χ2v) is 10.2. The minimum atomic E-state index is 0.365. The molecule has 0 atom stereocenters. The molecule has 3 N–H and O–H groups in total. The van der Waals surface area contributed by atoms with Gasteiger partial charge in [-0.05, 0) is 59.4 Å². The van der Waals surface area contributed by atoms with Crippen LogP contribution < -0.4 is 5.73 Å². The number of nitrogens with two attached hydrogens (primary N) is 1. The van der Waals surface area contributed by atoms with Gasteiger partial charge in [-0.15, -0.1) is 10.2 Å². The van der Waals surface area contributed by atoms with Crippen LogP contribution in [-0.2, 0) is 19.4 Å². The summed E-state index contributed by atoms with van der Waals surface area (Å²) >= 11 is 0. The summed E-state index contributed by atoms with van der Waals surface area (Å²) in [4.78, 5) is 4.96. The maximum absolute atomic E-state index is 6.13. The molecule has 0 unspecified atom stereocenters. The number of aromatic amines is 1. The van der Waals surface area contributed by atoms with Crippen molar-refractivity contribution in [2.75, 3.05) is 0 Å². The zero-order valence-electron chi connectivity index (χ0n) is 20.6. The zero-order chi connectivity index (χ0) is 24.2. The van der Waals surface area contributed by atoms with E-state index < -0.39 is 0 Å². The summed E-state index contributed by atoms with van der Waals surface area (Å²) in [5.74, 6) is 3.83. The van der Waals surface area contributed by atoms with Crippen molar-refractivity contribution in [1.29, 1.82) is 0 Å². The summed E-state index contributed by atoms with van der Waals surface area (Å²) < 4.78 is 2.12. The normalized spacial score (nSPS) is 18.3. The van der Waals surface area contributed by atoms with E-state index in [1.54, 1.807) is 0 Å². The molecule has 1 aliphatic rings. The van der Waals surface area contributed by atoms with E-state index in [-0.39, 0.29) is 0 Å². The highest BCUT2D eigenvalue weighted by atomic mass is 15.5. The van der Waals surface area contributed by atoms with Gasteiger partial charge in [0, 0.05) is 24.4 Å². The number of hydrogen-bond donors (Lipinski definition) is 2. The largest absolute Gasteiger partial charge is 0.328 e. The molecule has 0 aliphatic heterocycles. The maximum atomic E-state index is 6.13. The van der Waals surface area contributed by atoms with Crippen LogP contribution in [0.25, 0.3) is 22.5 Å². The number of rotatable bonds is 8. The molecule has 1 fully saturated rings. The number of hydrogen-bond acceptors (Lipinski definition) is 6. The summed E-state index contributed by atoms with van der Waals surface area (Å²) in [7, 11) is 0. The standard InChI is InChI=1S/C27H34N8/c1-18(2)15-25-29-26(16-19-9-13-22(28)14-10-19)35(32-25)17-20-7-11-21(12-8-20)23-5-3-4-6-24(23)27-30-33-34-31-27/h3-8,11-12,18-19,22H,9-10,13-17,28H2,1-2H3,(H,30,31,33,34). The van der Waals surface area contributed by atoms with Crippen molar-refractivity contribution in [1.82, 2.24) is 35.4 Å². The van der Waals surface area contributed by atoms with E-state index in [2.05, 4.69) is 69.5 Å². The molecule has 0 spiro atoms. The molecule has 182 valence electrons. The Balaban J connectivity index is 1.36. The molecular formula is C27H34N8. The van der Waals surface area contributed by atoms with Crippen molar-refractivity contribution >= 4 is 0 Å². The molecule has 8 heteroatoms. The van der Waals surface area contributed by atoms with Crippen LogP contribution in [0, 0.1) is 11.8 Å². The van der Waals surface area contributed by atoms with Gasteiger partial charge in [0.15, 0.2) is 5.82 Å². The summed E-state index contributed by atoms with van der Waals surface area (Å²) in [6, 6.07) is 17.2. The smallest absolute Gasteiger partial charge is 0.205 e. The molecule has 1 aliphatic carbocycles. The van der Waals surface area contributed by atoms with Crippen LogP contribution in [0.2, 0.25) is 0 Å². The Morgan fingerprint density at radius 3 is 2.43 bits per heavy atom. The Morgan fingerprint density at radius 1 is 1.00 bits per heavy atom. The van der Waals surface area contributed by atoms with Gasteiger partial charge < -0.3 is 5.73 Å². The average molecular weight is 471 g/mol. The van der Waals surface area contributed by atoms with E-state index in [0.717, 1.165) is 60.6 Å². The summed E-state index contributed by atoms with van der Waals surface area (Å²) in [5.41, 5.74) is 10.5. The molecule has 0 radical (unpaired) electrons. The Bertz CT molecular complexity index is 1220. The van der Waals surface area contributed by atoms with E-state index in [1.807, 2.05) is 18.2 Å². The van der Waals surface area contributed by atoms with Gasteiger partial charge >= 0.3 is 0 Å². The lowest BCUT2D eigenvalue weighted by Gasteiger charge is -2.25. The molecule has 0 bridgehead atoms.